The zero-order chi connectivity index (χ0) is 9.14. The maximum absolute atomic E-state index is 9.37. The molecule has 0 spiro atoms. The molecule has 1 aromatic heterocycles. The molecular weight excluding hydrogens is 242 g/mol. The summed E-state index contributed by atoms with van der Waals surface area (Å²) in [5.41, 5.74) is 0. The lowest BCUT2D eigenvalue weighted by Crippen LogP contribution is -2.14. The molecule has 1 heterocycles. The summed E-state index contributed by atoms with van der Waals surface area (Å²) in [7, 11) is 0. The number of hydrogen-bond acceptors (Lipinski definition) is 4. The van der Waals surface area contributed by atoms with Crippen molar-refractivity contribution in [1.82, 2.24) is 0 Å². The van der Waals surface area contributed by atoms with Crippen LogP contribution in [0.2, 0.25) is 0 Å². The van der Waals surface area contributed by atoms with Crippen LogP contribution >= 0.6 is 27.3 Å². The van der Waals surface area contributed by atoms with E-state index in [9.17, 15) is 5.11 Å². The van der Waals surface area contributed by atoms with Gasteiger partial charge in [0.05, 0.1) is 10.9 Å². The number of rotatable bonds is 2. The highest BCUT2D eigenvalue weighted by molar-refractivity contribution is 9.10. The Bertz CT molecular complexity index is 307. The van der Waals surface area contributed by atoms with Crippen molar-refractivity contribution in [2.75, 3.05) is 0 Å². The van der Waals surface area contributed by atoms with E-state index in [0.717, 1.165) is 0 Å². The number of nitriles is 1. The summed E-state index contributed by atoms with van der Waals surface area (Å²) in [4.78, 5) is 0.573. The molecule has 0 fully saturated rings. The second kappa shape index (κ2) is 4.01. The van der Waals surface area contributed by atoms with Gasteiger partial charge in [0, 0.05) is 4.47 Å². The van der Waals surface area contributed by atoms with Gasteiger partial charge in [0.1, 0.15) is 6.10 Å². The van der Waals surface area contributed by atoms with Gasteiger partial charge in [0.25, 0.3) is 0 Å². The van der Waals surface area contributed by atoms with E-state index in [1.54, 1.807) is 17.5 Å². The lowest BCUT2D eigenvalue weighted by Gasteiger charge is -2.09. The van der Waals surface area contributed by atoms with Crippen LogP contribution in [0.25, 0.3) is 0 Å². The largest absolute Gasteiger partial charge is 0.384 e. The Hall–Kier alpha value is -0.410. The zero-order valence-electron chi connectivity index (χ0n) is 5.94. The van der Waals surface area contributed by atoms with Gasteiger partial charge in [-0.25, -0.2) is 0 Å². The predicted octanol–water partition coefficient (Wildman–Crippen LogP) is 1.43. The average molecular weight is 248 g/mol. The quantitative estimate of drug-likeness (QED) is 0.778. The molecule has 64 valence electrons. The van der Waals surface area contributed by atoms with E-state index in [-0.39, 0.29) is 0 Å². The maximum Gasteiger partial charge on any atom is 0.171 e. The van der Waals surface area contributed by atoms with Gasteiger partial charge in [-0.05, 0) is 27.4 Å². The smallest absolute Gasteiger partial charge is 0.171 e. The molecule has 12 heavy (non-hydrogen) atoms. The molecule has 0 amide bonds. The third-order valence-corrected chi connectivity index (χ3v) is 3.29. The van der Waals surface area contributed by atoms with Gasteiger partial charge in [0.15, 0.2) is 6.10 Å². The molecule has 5 heteroatoms. The summed E-state index contributed by atoms with van der Waals surface area (Å²) in [6.45, 7) is 0. The number of aliphatic hydroxyl groups excluding tert-OH is 2. The van der Waals surface area contributed by atoms with Crippen LogP contribution in [0.5, 0.6) is 0 Å². The van der Waals surface area contributed by atoms with Gasteiger partial charge in [-0.3, -0.25) is 0 Å². The van der Waals surface area contributed by atoms with E-state index in [4.69, 9.17) is 10.4 Å². The third kappa shape index (κ3) is 1.84. The molecule has 0 aliphatic rings. The maximum atomic E-state index is 9.37. The molecule has 3 nitrogen and oxygen atoms in total. The fraction of sp³-hybridized carbons (Fsp3) is 0.286. The zero-order valence-corrected chi connectivity index (χ0v) is 8.34. The Morgan fingerprint density at radius 2 is 2.25 bits per heavy atom. The van der Waals surface area contributed by atoms with Crippen LogP contribution in [0, 0.1) is 11.3 Å². The normalized spacial score (nSPS) is 15.2. The van der Waals surface area contributed by atoms with Crippen molar-refractivity contribution in [3.05, 3.63) is 20.8 Å². The minimum Gasteiger partial charge on any atom is -0.384 e. The van der Waals surface area contributed by atoms with Crippen LogP contribution in [0.4, 0.5) is 0 Å². The van der Waals surface area contributed by atoms with E-state index >= 15 is 0 Å². The van der Waals surface area contributed by atoms with Gasteiger partial charge < -0.3 is 10.2 Å². The van der Waals surface area contributed by atoms with Crippen LogP contribution in [-0.2, 0) is 0 Å². The van der Waals surface area contributed by atoms with Crippen molar-refractivity contribution >= 4 is 27.3 Å². The number of hydrogen-bond donors (Lipinski definition) is 2. The third-order valence-electron chi connectivity index (χ3n) is 1.34. The lowest BCUT2D eigenvalue weighted by molar-refractivity contribution is 0.0548. The van der Waals surface area contributed by atoms with Crippen molar-refractivity contribution in [3.8, 4) is 6.07 Å². The van der Waals surface area contributed by atoms with E-state index in [1.807, 2.05) is 0 Å². The second-order valence-corrected chi connectivity index (χ2v) is 3.95. The molecule has 0 saturated heterocycles. The molecule has 1 rings (SSSR count). The molecule has 0 aliphatic carbocycles. The highest BCUT2D eigenvalue weighted by atomic mass is 79.9. The SMILES string of the molecule is N#CC(O)C(O)c1sccc1Br. The summed E-state index contributed by atoms with van der Waals surface area (Å²) < 4.78 is 0.717. The van der Waals surface area contributed by atoms with E-state index in [1.165, 1.54) is 11.3 Å². The first-order valence-corrected chi connectivity index (χ1v) is 4.82. The van der Waals surface area contributed by atoms with Crippen molar-refractivity contribution < 1.29 is 10.2 Å². The first kappa shape index (κ1) is 9.68. The summed E-state index contributed by atoms with van der Waals surface area (Å²) in [5, 5.41) is 28.5. The average Bonchev–Trinajstić information content (AvgIpc) is 2.48. The van der Waals surface area contributed by atoms with E-state index < -0.39 is 12.2 Å². The molecule has 2 atom stereocenters. The number of nitrogens with zero attached hydrogens (tertiary/aromatic N) is 1. The monoisotopic (exact) mass is 247 g/mol. The summed E-state index contributed by atoms with van der Waals surface area (Å²) >= 11 is 4.49. The minimum atomic E-state index is -1.36. The molecule has 0 saturated carbocycles. The fourth-order valence-electron chi connectivity index (χ4n) is 0.730. The Balaban J connectivity index is 2.86. The van der Waals surface area contributed by atoms with Crippen LogP contribution in [-0.4, -0.2) is 16.3 Å². The van der Waals surface area contributed by atoms with Crippen LogP contribution < -0.4 is 0 Å². The fourth-order valence-corrected chi connectivity index (χ4v) is 2.35. The number of halogens is 1. The summed E-state index contributed by atoms with van der Waals surface area (Å²) in [5.74, 6) is 0. The van der Waals surface area contributed by atoms with Gasteiger partial charge in [0.2, 0.25) is 0 Å². The summed E-state index contributed by atoms with van der Waals surface area (Å²) in [6.07, 6.45) is -2.48. The Labute approximate surface area is 82.0 Å². The van der Waals surface area contributed by atoms with Crippen LogP contribution in [0.3, 0.4) is 0 Å². The minimum absolute atomic E-state index is 0.573. The molecule has 0 aliphatic heterocycles. The molecule has 0 bridgehead atoms. The van der Waals surface area contributed by atoms with Gasteiger partial charge >= 0.3 is 0 Å². The van der Waals surface area contributed by atoms with Crippen molar-refractivity contribution in [2.24, 2.45) is 0 Å². The number of aliphatic hydroxyl groups is 2. The Morgan fingerprint density at radius 1 is 1.58 bits per heavy atom. The molecule has 2 unspecified atom stereocenters. The van der Waals surface area contributed by atoms with Crippen molar-refractivity contribution in [1.29, 1.82) is 5.26 Å². The first-order valence-electron chi connectivity index (χ1n) is 3.15. The van der Waals surface area contributed by atoms with Crippen LogP contribution in [0.1, 0.15) is 11.0 Å². The first-order chi connectivity index (χ1) is 5.66. The molecular formula is C7H6BrNO2S. The van der Waals surface area contributed by atoms with Crippen molar-refractivity contribution in [2.45, 2.75) is 12.2 Å². The standard InChI is InChI=1S/C7H6BrNO2S/c8-4-1-2-12-7(4)6(11)5(10)3-9/h1-2,5-6,10-11H. The summed E-state index contributed by atoms with van der Waals surface area (Å²) in [6, 6.07) is 3.33. The second-order valence-electron chi connectivity index (χ2n) is 2.15. The van der Waals surface area contributed by atoms with Gasteiger partial charge in [-0.15, -0.1) is 11.3 Å². The van der Waals surface area contributed by atoms with Crippen molar-refractivity contribution in [3.63, 3.8) is 0 Å². The molecule has 1 aromatic rings. The lowest BCUT2D eigenvalue weighted by atomic mass is 10.2. The number of thiophene rings is 1. The van der Waals surface area contributed by atoms with Gasteiger partial charge in [-0.2, -0.15) is 5.26 Å². The highest BCUT2D eigenvalue weighted by Gasteiger charge is 2.20. The van der Waals surface area contributed by atoms with E-state index in [2.05, 4.69) is 15.9 Å². The highest BCUT2D eigenvalue weighted by Crippen LogP contribution is 2.30. The Kier molecular flexibility index (Phi) is 3.23. The molecule has 0 radical (unpaired) electrons. The topological polar surface area (TPSA) is 64.2 Å². The van der Waals surface area contributed by atoms with Crippen LogP contribution in [0.15, 0.2) is 15.9 Å². The van der Waals surface area contributed by atoms with E-state index in [0.29, 0.717) is 9.35 Å². The van der Waals surface area contributed by atoms with Gasteiger partial charge in [-0.1, -0.05) is 0 Å². The molecule has 2 N–H and O–H groups in total. The molecule has 0 aromatic carbocycles. The predicted molar refractivity (Wildman–Crippen MR) is 48.6 cm³/mol. The Morgan fingerprint density at radius 3 is 2.67 bits per heavy atom.